The van der Waals surface area contributed by atoms with Crippen LogP contribution in [-0.2, 0) is 9.53 Å². The summed E-state index contributed by atoms with van der Waals surface area (Å²) in [5.41, 5.74) is 1.96. The number of carbonyl (C=O) groups is 1. The summed E-state index contributed by atoms with van der Waals surface area (Å²) in [4.78, 5) is 12.0. The summed E-state index contributed by atoms with van der Waals surface area (Å²) in [6.07, 6.45) is 2.01. The molecule has 0 atom stereocenters. The third-order valence-corrected chi connectivity index (χ3v) is 4.08. The quantitative estimate of drug-likeness (QED) is 0.794. The van der Waals surface area contributed by atoms with E-state index in [0.29, 0.717) is 11.7 Å². The fraction of sp³-hybridized carbons (Fsp3) is 0.111. The van der Waals surface area contributed by atoms with Crippen LogP contribution < -0.4 is 5.01 Å². The summed E-state index contributed by atoms with van der Waals surface area (Å²) in [7, 11) is 0. The number of esters is 1. The summed E-state index contributed by atoms with van der Waals surface area (Å²) in [6, 6.07) is 19.7. The van der Waals surface area contributed by atoms with Gasteiger partial charge in [-0.1, -0.05) is 48.5 Å². The molecule has 0 amide bonds. The Morgan fingerprint density at radius 3 is 2.43 bits per heavy atom. The van der Waals surface area contributed by atoms with Crippen molar-refractivity contribution in [1.29, 1.82) is 0 Å². The number of hydrazone groups is 1. The average Bonchev–Trinajstić information content (AvgIpc) is 3.01. The highest BCUT2D eigenvalue weighted by atomic mass is 32.2. The van der Waals surface area contributed by atoms with Gasteiger partial charge in [-0.15, -0.1) is 0 Å². The Morgan fingerprint density at radius 2 is 1.78 bits per heavy atom. The number of carbonyl (C=O) groups excluding carboxylic acids is 1. The highest BCUT2D eigenvalue weighted by Crippen LogP contribution is 2.36. The van der Waals surface area contributed by atoms with Gasteiger partial charge in [0.05, 0.1) is 12.3 Å². The molecule has 0 saturated heterocycles. The second kappa shape index (κ2) is 7.15. The third kappa shape index (κ3) is 3.63. The van der Waals surface area contributed by atoms with Crippen molar-refractivity contribution < 1.29 is 9.53 Å². The van der Waals surface area contributed by atoms with Crippen LogP contribution in [0.1, 0.15) is 12.5 Å². The van der Waals surface area contributed by atoms with Crippen LogP contribution >= 0.6 is 11.8 Å². The van der Waals surface area contributed by atoms with E-state index in [-0.39, 0.29) is 0 Å². The Kier molecular flexibility index (Phi) is 4.78. The fourth-order valence-corrected chi connectivity index (χ4v) is 3.01. The van der Waals surface area contributed by atoms with Crippen LogP contribution in [0.15, 0.2) is 70.8 Å². The zero-order chi connectivity index (χ0) is 16.1. The van der Waals surface area contributed by atoms with E-state index >= 15 is 0 Å². The highest BCUT2D eigenvalue weighted by Gasteiger charge is 2.28. The molecular formula is C18H16N2O2S. The smallest absolute Gasteiger partial charge is 0.365 e. The lowest BCUT2D eigenvalue weighted by Gasteiger charge is -2.15. The molecule has 0 fully saturated rings. The minimum atomic E-state index is -0.394. The highest BCUT2D eigenvalue weighted by molar-refractivity contribution is 8.19. The summed E-state index contributed by atoms with van der Waals surface area (Å²) < 4.78 is 5.06. The molecule has 0 unspecified atom stereocenters. The topological polar surface area (TPSA) is 41.9 Å². The minimum absolute atomic E-state index is 0.335. The number of benzene rings is 2. The van der Waals surface area contributed by atoms with Gasteiger partial charge in [0.25, 0.3) is 0 Å². The predicted octanol–water partition coefficient (Wildman–Crippen LogP) is 4.12. The number of thioether (sulfide) groups is 1. The van der Waals surface area contributed by atoms with Gasteiger partial charge in [0.15, 0.2) is 0 Å². The molecule has 0 aliphatic carbocycles. The number of ether oxygens (including phenoxy) is 1. The number of hydrogen-bond acceptors (Lipinski definition) is 5. The van der Waals surface area contributed by atoms with Crippen LogP contribution in [0.2, 0.25) is 0 Å². The van der Waals surface area contributed by atoms with Crippen molar-refractivity contribution in [2.24, 2.45) is 5.10 Å². The molecule has 0 bridgehead atoms. The van der Waals surface area contributed by atoms with E-state index in [9.17, 15) is 4.79 Å². The molecule has 0 saturated carbocycles. The summed E-state index contributed by atoms with van der Waals surface area (Å²) in [5, 5.41) is 7.40. The zero-order valence-corrected chi connectivity index (χ0v) is 13.5. The molecule has 1 aliphatic heterocycles. The van der Waals surface area contributed by atoms with Crippen LogP contribution in [0.3, 0.4) is 0 Å². The Labute approximate surface area is 139 Å². The van der Waals surface area contributed by atoms with Crippen molar-refractivity contribution in [1.82, 2.24) is 0 Å². The monoisotopic (exact) mass is 324 g/mol. The number of nitrogens with zero attached hydrogens (tertiary/aromatic N) is 2. The van der Waals surface area contributed by atoms with Crippen LogP contribution in [0.25, 0.3) is 6.08 Å². The van der Waals surface area contributed by atoms with E-state index in [4.69, 9.17) is 4.74 Å². The molecule has 0 radical (unpaired) electrons. The molecule has 0 aromatic heterocycles. The SMILES string of the molecule is CCOC(=O)C1=NN(c2ccccc2)C(=Cc2ccccc2)S1. The van der Waals surface area contributed by atoms with E-state index in [1.807, 2.05) is 66.7 Å². The molecule has 116 valence electrons. The Hall–Kier alpha value is -2.53. The Balaban J connectivity index is 1.95. The van der Waals surface area contributed by atoms with E-state index in [1.54, 1.807) is 11.9 Å². The summed E-state index contributed by atoms with van der Waals surface area (Å²) in [6.45, 7) is 2.12. The van der Waals surface area contributed by atoms with Crippen molar-refractivity contribution in [3.63, 3.8) is 0 Å². The van der Waals surface area contributed by atoms with Crippen LogP contribution in [0.5, 0.6) is 0 Å². The number of rotatable bonds is 4. The van der Waals surface area contributed by atoms with Gasteiger partial charge < -0.3 is 4.74 Å². The standard InChI is InChI=1S/C18H16N2O2S/c1-2-22-18(21)17-19-20(15-11-7-4-8-12-15)16(23-17)13-14-9-5-3-6-10-14/h3-13H,2H2,1H3. The van der Waals surface area contributed by atoms with Gasteiger partial charge in [-0.25, -0.2) is 9.80 Å². The predicted molar refractivity (Wildman–Crippen MR) is 95.0 cm³/mol. The maximum atomic E-state index is 12.0. The van der Waals surface area contributed by atoms with Gasteiger partial charge in [-0.05, 0) is 42.5 Å². The number of para-hydroxylation sites is 1. The zero-order valence-electron chi connectivity index (χ0n) is 12.7. The van der Waals surface area contributed by atoms with Crippen molar-refractivity contribution in [3.05, 3.63) is 71.3 Å². The molecule has 0 spiro atoms. The molecule has 2 aromatic rings. The maximum Gasteiger partial charge on any atom is 0.365 e. The van der Waals surface area contributed by atoms with Crippen molar-refractivity contribution in [2.45, 2.75) is 6.92 Å². The fourth-order valence-electron chi connectivity index (χ4n) is 2.11. The van der Waals surface area contributed by atoms with Gasteiger partial charge >= 0.3 is 5.97 Å². The first-order valence-corrected chi connectivity index (χ1v) is 8.15. The summed E-state index contributed by atoms with van der Waals surface area (Å²) in [5.74, 6) is -0.394. The lowest BCUT2D eigenvalue weighted by atomic mass is 10.2. The average molecular weight is 324 g/mol. The number of hydrogen-bond donors (Lipinski definition) is 0. The third-order valence-electron chi connectivity index (χ3n) is 3.14. The molecule has 3 rings (SSSR count). The summed E-state index contributed by atoms with van der Waals surface area (Å²) >= 11 is 1.32. The Bertz CT molecular complexity index is 742. The van der Waals surface area contributed by atoms with E-state index in [0.717, 1.165) is 16.3 Å². The lowest BCUT2D eigenvalue weighted by molar-refractivity contribution is -0.134. The van der Waals surface area contributed by atoms with E-state index in [1.165, 1.54) is 11.8 Å². The first-order chi connectivity index (χ1) is 11.3. The van der Waals surface area contributed by atoms with E-state index in [2.05, 4.69) is 5.10 Å². The van der Waals surface area contributed by atoms with Crippen molar-refractivity contribution >= 4 is 34.5 Å². The van der Waals surface area contributed by atoms with Crippen molar-refractivity contribution in [2.75, 3.05) is 11.6 Å². The number of anilines is 1. The minimum Gasteiger partial charge on any atom is -0.461 e. The van der Waals surface area contributed by atoms with Gasteiger partial charge in [0, 0.05) is 0 Å². The molecule has 0 N–H and O–H groups in total. The van der Waals surface area contributed by atoms with Crippen molar-refractivity contribution in [3.8, 4) is 0 Å². The van der Waals surface area contributed by atoms with Gasteiger partial charge in [0.1, 0.15) is 5.03 Å². The second-order valence-corrected chi connectivity index (χ2v) is 5.78. The molecule has 5 heteroatoms. The Morgan fingerprint density at radius 1 is 1.13 bits per heavy atom. The largest absolute Gasteiger partial charge is 0.461 e. The lowest BCUT2D eigenvalue weighted by Crippen LogP contribution is -2.13. The van der Waals surface area contributed by atoms with Crippen LogP contribution in [0.4, 0.5) is 5.69 Å². The van der Waals surface area contributed by atoms with Gasteiger partial charge in [-0.3, -0.25) is 0 Å². The molecular weight excluding hydrogens is 308 g/mol. The second-order valence-electron chi connectivity index (χ2n) is 4.77. The van der Waals surface area contributed by atoms with Crippen LogP contribution in [-0.4, -0.2) is 17.6 Å². The first-order valence-electron chi connectivity index (χ1n) is 7.33. The first kappa shape index (κ1) is 15.4. The molecule has 23 heavy (non-hydrogen) atoms. The molecule has 1 aliphatic rings. The maximum absolute atomic E-state index is 12.0. The van der Waals surface area contributed by atoms with Crippen LogP contribution in [0, 0.1) is 0 Å². The normalized spacial score (nSPS) is 15.6. The van der Waals surface area contributed by atoms with Gasteiger partial charge in [-0.2, -0.15) is 5.10 Å². The molecule has 4 nitrogen and oxygen atoms in total. The molecule has 1 heterocycles. The van der Waals surface area contributed by atoms with E-state index < -0.39 is 5.97 Å². The molecule has 2 aromatic carbocycles. The van der Waals surface area contributed by atoms with Gasteiger partial charge in [0.2, 0.25) is 5.04 Å².